The highest BCUT2D eigenvalue weighted by molar-refractivity contribution is 7.47. The summed E-state index contributed by atoms with van der Waals surface area (Å²) in [6, 6.07) is 0. The monoisotopic (exact) mass is 538 g/mol. The van der Waals surface area contributed by atoms with E-state index < -0.39 is 20.5 Å². The summed E-state index contributed by atoms with van der Waals surface area (Å²) in [5.41, 5.74) is 0. The number of rotatable bonds is 26. The Kier molecular flexibility index (Phi) is 22.2. The summed E-state index contributed by atoms with van der Waals surface area (Å²) in [5, 5.41) is 9.84. The molecule has 1 unspecified atom stereocenters. The van der Waals surface area contributed by atoms with Crippen LogP contribution in [0.3, 0.4) is 0 Å². The Morgan fingerprint density at radius 2 is 1.19 bits per heavy atom. The molecule has 0 aliphatic carbocycles. The molecule has 0 heterocycles. The van der Waals surface area contributed by atoms with E-state index in [0.29, 0.717) is 17.4 Å². The summed E-state index contributed by atoms with van der Waals surface area (Å²) in [6.07, 6.45) is 19.6. The number of aliphatic hydroxyl groups excluding tert-OH is 1. The quantitative estimate of drug-likeness (QED) is 0.0570. The predicted molar refractivity (Wildman–Crippen MR) is 146 cm³/mol. The molecule has 0 saturated carbocycles. The molecule has 2 N–H and O–H groups in total. The number of phosphoric acid groups is 1. The maximum atomic E-state index is 11.8. The van der Waals surface area contributed by atoms with Gasteiger partial charge in [0.2, 0.25) is 0 Å². The molecule has 0 aromatic rings. The predicted octanol–water partition coefficient (Wildman–Crippen LogP) is 6.38. The van der Waals surface area contributed by atoms with Gasteiger partial charge in [0.1, 0.15) is 25.9 Å². The number of esters is 1. The van der Waals surface area contributed by atoms with Crippen molar-refractivity contribution in [1.82, 2.24) is 0 Å². The van der Waals surface area contributed by atoms with Gasteiger partial charge in [-0.3, -0.25) is 13.8 Å². The van der Waals surface area contributed by atoms with Crippen LogP contribution < -0.4 is 0 Å². The van der Waals surface area contributed by atoms with Crippen LogP contribution in [0.2, 0.25) is 0 Å². The van der Waals surface area contributed by atoms with Crippen molar-refractivity contribution in [3.05, 3.63) is 0 Å². The molecule has 0 aliphatic heterocycles. The zero-order valence-corrected chi connectivity index (χ0v) is 24.7. The van der Waals surface area contributed by atoms with Crippen LogP contribution >= 0.6 is 7.82 Å². The van der Waals surface area contributed by atoms with E-state index in [2.05, 4.69) is 6.92 Å². The van der Waals surface area contributed by atoms with E-state index in [0.717, 1.165) is 19.3 Å². The summed E-state index contributed by atoms with van der Waals surface area (Å²) in [4.78, 5) is 21.5. The minimum Gasteiger partial charge on any atom is -0.463 e. The highest BCUT2D eigenvalue weighted by Crippen LogP contribution is 2.43. The van der Waals surface area contributed by atoms with E-state index in [-0.39, 0.29) is 19.2 Å². The zero-order valence-electron chi connectivity index (χ0n) is 23.8. The second kappa shape index (κ2) is 22.5. The maximum absolute atomic E-state index is 11.8. The average Bonchev–Trinajstić information content (AvgIpc) is 2.80. The number of nitrogens with zero attached hydrogens (tertiary/aromatic N) is 1. The molecule has 0 aliphatic rings. The number of unbranched alkanes of at least 4 members (excludes halogenated alkanes) is 15. The molecule has 0 radical (unpaired) electrons. The van der Waals surface area contributed by atoms with Crippen molar-refractivity contribution in [1.29, 1.82) is 0 Å². The normalized spacial score (nSPS) is 14.5. The Bertz CT molecular complexity index is 569. The summed E-state index contributed by atoms with van der Waals surface area (Å²) >= 11 is 0. The lowest BCUT2D eigenvalue weighted by Gasteiger charge is -2.24. The number of quaternary nitrogens is 1. The lowest BCUT2D eigenvalue weighted by molar-refractivity contribution is -0.870. The first-order valence-electron chi connectivity index (χ1n) is 14.3. The van der Waals surface area contributed by atoms with Gasteiger partial charge in [-0.05, 0) is 6.42 Å². The number of hydrogen-bond donors (Lipinski definition) is 2. The summed E-state index contributed by atoms with van der Waals surface area (Å²) in [6.45, 7) is 2.15. The van der Waals surface area contributed by atoms with Gasteiger partial charge < -0.3 is 19.2 Å². The molecule has 0 aromatic carbocycles. The lowest BCUT2D eigenvalue weighted by Crippen LogP contribution is -2.37. The average molecular weight is 539 g/mol. The molecule has 0 fully saturated rings. The Balaban J connectivity index is 3.50. The third-order valence-corrected chi connectivity index (χ3v) is 7.10. The minimum atomic E-state index is -4.24. The number of hydrogen-bond acceptors (Lipinski definition) is 6. The largest absolute Gasteiger partial charge is 0.472 e. The van der Waals surface area contributed by atoms with E-state index in [1.165, 1.54) is 83.5 Å². The van der Waals surface area contributed by atoms with Gasteiger partial charge in [0.15, 0.2) is 0 Å². The van der Waals surface area contributed by atoms with Gasteiger partial charge in [-0.25, -0.2) is 4.57 Å². The molecule has 0 aromatic heterocycles. The second-order valence-electron chi connectivity index (χ2n) is 11.0. The van der Waals surface area contributed by atoms with Crippen molar-refractivity contribution >= 4 is 13.8 Å². The SMILES string of the molecule is CCCCCCCCCCCCCCCCCCC(=O)OC[C@@H](O)COP(=O)(O)OCC[N+](C)(C)C. The third-order valence-electron chi connectivity index (χ3n) is 6.12. The molecule has 0 amide bonds. The maximum Gasteiger partial charge on any atom is 0.472 e. The van der Waals surface area contributed by atoms with Crippen molar-refractivity contribution < 1.29 is 37.6 Å². The molecule has 8 nitrogen and oxygen atoms in total. The zero-order chi connectivity index (χ0) is 27.1. The van der Waals surface area contributed by atoms with Gasteiger partial charge >= 0.3 is 13.8 Å². The Labute approximate surface area is 221 Å². The molecule has 0 bridgehead atoms. The van der Waals surface area contributed by atoms with Crippen LogP contribution in [0.1, 0.15) is 116 Å². The van der Waals surface area contributed by atoms with Crippen LogP contribution in [0, 0.1) is 0 Å². The van der Waals surface area contributed by atoms with Crippen LogP contribution in [0.5, 0.6) is 0 Å². The summed E-state index contributed by atoms with van der Waals surface area (Å²) in [5.74, 6) is -0.370. The number of carbonyl (C=O) groups excluding carboxylic acids is 1. The summed E-state index contributed by atoms with van der Waals surface area (Å²) < 4.78 is 27.1. The molecule has 0 saturated heterocycles. The van der Waals surface area contributed by atoms with Crippen molar-refractivity contribution in [2.24, 2.45) is 0 Å². The number of aliphatic hydroxyl groups is 1. The Hall–Kier alpha value is -0.500. The fourth-order valence-corrected chi connectivity index (χ4v) is 4.52. The molecule has 0 spiro atoms. The Morgan fingerprint density at radius 3 is 1.64 bits per heavy atom. The first-order chi connectivity index (χ1) is 17.1. The van der Waals surface area contributed by atoms with E-state index >= 15 is 0 Å². The van der Waals surface area contributed by atoms with Crippen LogP contribution in [0.4, 0.5) is 0 Å². The number of carbonyl (C=O) groups is 1. The van der Waals surface area contributed by atoms with Crippen LogP contribution in [-0.2, 0) is 23.1 Å². The Morgan fingerprint density at radius 1 is 0.750 bits per heavy atom. The van der Waals surface area contributed by atoms with Crippen LogP contribution in [0.25, 0.3) is 0 Å². The van der Waals surface area contributed by atoms with Crippen LogP contribution in [-0.4, -0.2) is 74.1 Å². The van der Waals surface area contributed by atoms with Gasteiger partial charge in [0.25, 0.3) is 0 Å². The highest BCUT2D eigenvalue weighted by Gasteiger charge is 2.24. The van der Waals surface area contributed by atoms with Crippen molar-refractivity contribution in [2.45, 2.75) is 122 Å². The molecule has 36 heavy (non-hydrogen) atoms. The van der Waals surface area contributed by atoms with Gasteiger partial charge in [-0.2, -0.15) is 0 Å². The fourth-order valence-electron chi connectivity index (χ4n) is 3.77. The van der Waals surface area contributed by atoms with E-state index in [1.54, 1.807) is 0 Å². The summed E-state index contributed by atoms with van der Waals surface area (Å²) in [7, 11) is 1.57. The molecule has 2 atom stereocenters. The van der Waals surface area contributed by atoms with E-state index in [1.807, 2.05) is 21.1 Å². The van der Waals surface area contributed by atoms with Crippen molar-refractivity contribution in [2.75, 3.05) is 47.5 Å². The third kappa shape index (κ3) is 26.6. The van der Waals surface area contributed by atoms with Crippen molar-refractivity contribution in [3.8, 4) is 0 Å². The molecule has 9 heteroatoms. The number of phosphoric ester groups is 1. The van der Waals surface area contributed by atoms with E-state index in [4.69, 9.17) is 13.8 Å². The van der Waals surface area contributed by atoms with Crippen molar-refractivity contribution in [3.63, 3.8) is 0 Å². The standard InChI is InChI=1S/C27H56NO7P/c1-5-6-7-8-9-10-11-12-13-14-15-16-17-18-19-20-21-27(30)33-24-26(29)25-35-36(31,32)34-23-22-28(2,3)4/h26,29H,5-25H2,1-4H3/p+1/t26-/m1/s1. The van der Waals surface area contributed by atoms with Gasteiger partial charge in [0, 0.05) is 6.42 Å². The molecule has 0 rings (SSSR count). The topological polar surface area (TPSA) is 102 Å². The molecular formula is C27H57NO7P+. The van der Waals surface area contributed by atoms with Gasteiger partial charge in [-0.1, -0.05) is 103 Å². The lowest BCUT2D eigenvalue weighted by atomic mass is 10.0. The van der Waals surface area contributed by atoms with E-state index in [9.17, 15) is 19.4 Å². The first kappa shape index (κ1) is 35.5. The van der Waals surface area contributed by atoms with Crippen LogP contribution in [0.15, 0.2) is 0 Å². The number of likely N-dealkylation sites (N-methyl/N-ethyl adjacent to an activating group) is 1. The van der Waals surface area contributed by atoms with Gasteiger partial charge in [0.05, 0.1) is 27.7 Å². The fraction of sp³-hybridized carbons (Fsp3) is 0.963. The second-order valence-corrected chi connectivity index (χ2v) is 12.5. The smallest absolute Gasteiger partial charge is 0.463 e. The van der Waals surface area contributed by atoms with Gasteiger partial charge in [-0.15, -0.1) is 0 Å². The highest BCUT2D eigenvalue weighted by atomic mass is 31.2. The molecule has 216 valence electrons. The minimum absolute atomic E-state index is 0.0572. The molecular weight excluding hydrogens is 481 g/mol. The number of ether oxygens (including phenoxy) is 1. The first-order valence-corrected chi connectivity index (χ1v) is 15.8.